The highest BCUT2D eigenvalue weighted by Gasteiger charge is 2.04. The topological polar surface area (TPSA) is 68.9 Å². The Labute approximate surface area is 141 Å². The van der Waals surface area contributed by atoms with Gasteiger partial charge in [0.2, 0.25) is 0 Å². The normalized spacial score (nSPS) is 12.6. The summed E-state index contributed by atoms with van der Waals surface area (Å²) in [7, 11) is 1.63. The Bertz CT molecular complexity index is 642. The Hall–Kier alpha value is -2.40. The first-order chi connectivity index (χ1) is 11.1. The second kappa shape index (κ2) is 8.29. The van der Waals surface area contributed by atoms with E-state index in [0.29, 0.717) is 17.5 Å². The molecule has 1 unspecified atom stereocenters. The third-order valence-corrected chi connectivity index (χ3v) is 3.28. The molecular formula is C17H20ClN3O2. The molecule has 0 saturated carbocycles. The second-order valence-electron chi connectivity index (χ2n) is 4.96. The Kier molecular flexibility index (Phi) is 6.11. The van der Waals surface area contributed by atoms with Crippen molar-refractivity contribution < 1.29 is 9.47 Å². The summed E-state index contributed by atoms with van der Waals surface area (Å²) in [4.78, 5) is 4.28. The van der Waals surface area contributed by atoms with Gasteiger partial charge in [-0.15, -0.1) is 0 Å². The highest BCUT2D eigenvalue weighted by atomic mass is 35.5. The van der Waals surface area contributed by atoms with E-state index in [2.05, 4.69) is 10.3 Å². The minimum absolute atomic E-state index is 0.104. The molecule has 0 aromatic heterocycles. The lowest BCUT2D eigenvalue weighted by Gasteiger charge is -2.13. The van der Waals surface area contributed by atoms with E-state index in [1.165, 1.54) is 0 Å². The fourth-order valence-electron chi connectivity index (χ4n) is 1.87. The van der Waals surface area contributed by atoms with Crippen LogP contribution in [0.1, 0.15) is 6.92 Å². The van der Waals surface area contributed by atoms with E-state index in [0.717, 1.165) is 17.2 Å². The maximum atomic E-state index is 5.87. The molecule has 2 aromatic rings. The fourth-order valence-corrected chi connectivity index (χ4v) is 2.00. The molecule has 2 rings (SSSR count). The van der Waals surface area contributed by atoms with E-state index in [-0.39, 0.29) is 6.10 Å². The average molecular weight is 334 g/mol. The Balaban J connectivity index is 1.84. The summed E-state index contributed by atoms with van der Waals surface area (Å²) in [5, 5.41) is 3.70. The van der Waals surface area contributed by atoms with Crippen molar-refractivity contribution in [1.29, 1.82) is 0 Å². The van der Waals surface area contributed by atoms with Gasteiger partial charge in [0.25, 0.3) is 0 Å². The Morgan fingerprint density at radius 1 is 1.13 bits per heavy atom. The standard InChI is InChI=1S/C17H20ClN3O2/c1-12(23-16-7-3-13(18)4-8-16)11-20-17(19)21-14-5-9-15(22-2)10-6-14/h3-10,12H,11H2,1-2H3,(H3,19,20,21). The molecule has 6 heteroatoms. The number of guanidine groups is 1. The number of anilines is 1. The quantitative estimate of drug-likeness (QED) is 0.626. The van der Waals surface area contributed by atoms with Crippen molar-refractivity contribution in [2.24, 2.45) is 10.7 Å². The van der Waals surface area contributed by atoms with Gasteiger partial charge in [0.15, 0.2) is 5.96 Å². The number of ether oxygens (including phenoxy) is 2. The molecule has 23 heavy (non-hydrogen) atoms. The van der Waals surface area contributed by atoms with E-state index in [4.69, 9.17) is 26.8 Å². The van der Waals surface area contributed by atoms with Crippen LogP contribution in [0.5, 0.6) is 11.5 Å². The van der Waals surface area contributed by atoms with Crippen molar-refractivity contribution in [2.75, 3.05) is 19.0 Å². The van der Waals surface area contributed by atoms with Gasteiger partial charge in [0.05, 0.1) is 13.7 Å². The number of halogens is 1. The molecule has 0 radical (unpaired) electrons. The summed E-state index contributed by atoms with van der Waals surface area (Å²) in [6.07, 6.45) is -0.104. The lowest BCUT2D eigenvalue weighted by atomic mass is 10.3. The van der Waals surface area contributed by atoms with Crippen LogP contribution < -0.4 is 20.5 Å². The smallest absolute Gasteiger partial charge is 0.193 e. The van der Waals surface area contributed by atoms with Crippen LogP contribution >= 0.6 is 11.6 Å². The van der Waals surface area contributed by atoms with E-state index in [9.17, 15) is 0 Å². The second-order valence-corrected chi connectivity index (χ2v) is 5.40. The largest absolute Gasteiger partial charge is 0.497 e. The molecule has 0 bridgehead atoms. The number of nitrogens with zero attached hydrogens (tertiary/aromatic N) is 1. The van der Waals surface area contributed by atoms with Gasteiger partial charge in [0, 0.05) is 10.7 Å². The number of benzene rings is 2. The van der Waals surface area contributed by atoms with Crippen LogP contribution in [0.3, 0.4) is 0 Å². The Morgan fingerprint density at radius 3 is 2.35 bits per heavy atom. The highest BCUT2D eigenvalue weighted by molar-refractivity contribution is 6.30. The van der Waals surface area contributed by atoms with Gasteiger partial charge in [-0.3, -0.25) is 0 Å². The van der Waals surface area contributed by atoms with Crippen LogP contribution in [0.2, 0.25) is 5.02 Å². The van der Waals surface area contributed by atoms with E-state index < -0.39 is 0 Å². The number of aliphatic imine (C=N–C) groups is 1. The minimum Gasteiger partial charge on any atom is -0.497 e. The molecule has 0 spiro atoms. The number of rotatable bonds is 6. The Morgan fingerprint density at radius 2 is 1.74 bits per heavy atom. The van der Waals surface area contributed by atoms with Crippen molar-refractivity contribution in [3.8, 4) is 11.5 Å². The zero-order valence-corrected chi connectivity index (χ0v) is 13.9. The van der Waals surface area contributed by atoms with Crippen LogP contribution in [-0.2, 0) is 0 Å². The molecule has 0 fully saturated rings. The third kappa shape index (κ3) is 5.71. The third-order valence-electron chi connectivity index (χ3n) is 3.03. The zero-order chi connectivity index (χ0) is 16.7. The number of nitrogens with two attached hydrogens (primary N) is 1. The number of hydrogen-bond acceptors (Lipinski definition) is 3. The molecule has 0 aliphatic rings. The molecular weight excluding hydrogens is 314 g/mol. The van der Waals surface area contributed by atoms with E-state index in [1.54, 1.807) is 19.2 Å². The van der Waals surface area contributed by atoms with Crippen LogP contribution in [-0.4, -0.2) is 25.7 Å². The first-order valence-corrected chi connectivity index (χ1v) is 7.58. The molecule has 122 valence electrons. The van der Waals surface area contributed by atoms with Crippen molar-refractivity contribution in [3.05, 3.63) is 53.6 Å². The first kappa shape index (κ1) is 17.0. The van der Waals surface area contributed by atoms with Crippen LogP contribution in [0.15, 0.2) is 53.5 Å². The van der Waals surface area contributed by atoms with Gasteiger partial charge in [-0.1, -0.05) is 11.6 Å². The number of hydrogen-bond donors (Lipinski definition) is 2. The maximum absolute atomic E-state index is 5.87. The maximum Gasteiger partial charge on any atom is 0.193 e. The monoisotopic (exact) mass is 333 g/mol. The summed E-state index contributed by atoms with van der Waals surface area (Å²) in [6.45, 7) is 2.37. The summed E-state index contributed by atoms with van der Waals surface area (Å²) in [5.41, 5.74) is 6.72. The zero-order valence-electron chi connectivity index (χ0n) is 13.1. The predicted octanol–water partition coefficient (Wildman–Crippen LogP) is 3.54. The number of methoxy groups -OCH3 is 1. The van der Waals surface area contributed by atoms with Crippen molar-refractivity contribution in [3.63, 3.8) is 0 Å². The van der Waals surface area contributed by atoms with E-state index in [1.807, 2.05) is 43.3 Å². The lowest BCUT2D eigenvalue weighted by Crippen LogP contribution is -2.25. The molecule has 0 aliphatic carbocycles. The van der Waals surface area contributed by atoms with Crippen LogP contribution in [0.4, 0.5) is 5.69 Å². The first-order valence-electron chi connectivity index (χ1n) is 7.20. The van der Waals surface area contributed by atoms with Gasteiger partial charge in [-0.05, 0) is 55.5 Å². The summed E-state index contributed by atoms with van der Waals surface area (Å²) < 4.78 is 10.8. The predicted molar refractivity (Wildman–Crippen MR) is 94.6 cm³/mol. The molecule has 0 heterocycles. The van der Waals surface area contributed by atoms with Gasteiger partial charge >= 0.3 is 0 Å². The van der Waals surface area contributed by atoms with E-state index >= 15 is 0 Å². The SMILES string of the molecule is COc1ccc(NC(N)=NCC(C)Oc2ccc(Cl)cc2)cc1. The molecule has 1 atom stereocenters. The van der Waals surface area contributed by atoms with Crippen molar-refractivity contribution in [2.45, 2.75) is 13.0 Å². The summed E-state index contributed by atoms with van der Waals surface area (Å²) in [5.74, 6) is 1.87. The molecule has 0 amide bonds. The van der Waals surface area contributed by atoms with Gasteiger partial charge in [-0.25, -0.2) is 4.99 Å². The molecule has 0 aliphatic heterocycles. The molecule has 3 N–H and O–H groups in total. The van der Waals surface area contributed by atoms with Crippen molar-refractivity contribution >= 4 is 23.2 Å². The van der Waals surface area contributed by atoms with Gasteiger partial charge < -0.3 is 20.5 Å². The minimum atomic E-state index is -0.104. The van der Waals surface area contributed by atoms with Gasteiger partial charge in [0.1, 0.15) is 17.6 Å². The lowest BCUT2D eigenvalue weighted by molar-refractivity contribution is 0.230. The molecule has 0 saturated heterocycles. The van der Waals surface area contributed by atoms with Crippen molar-refractivity contribution in [1.82, 2.24) is 0 Å². The molecule has 5 nitrogen and oxygen atoms in total. The average Bonchev–Trinajstić information content (AvgIpc) is 2.56. The fraction of sp³-hybridized carbons (Fsp3) is 0.235. The highest BCUT2D eigenvalue weighted by Crippen LogP contribution is 2.17. The summed E-state index contributed by atoms with van der Waals surface area (Å²) in [6, 6.07) is 14.6. The van der Waals surface area contributed by atoms with Crippen LogP contribution in [0, 0.1) is 0 Å². The molecule has 2 aromatic carbocycles. The summed E-state index contributed by atoms with van der Waals surface area (Å²) >= 11 is 5.84. The number of nitrogens with one attached hydrogen (secondary N) is 1. The van der Waals surface area contributed by atoms with Gasteiger partial charge in [-0.2, -0.15) is 0 Å². The van der Waals surface area contributed by atoms with Crippen LogP contribution in [0.25, 0.3) is 0 Å².